The van der Waals surface area contributed by atoms with E-state index in [2.05, 4.69) is 15.5 Å². The molecule has 28 heavy (non-hydrogen) atoms. The van der Waals surface area contributed by atoms with Gasteiger partial charge < -0.3 is 5.32 Å². The largest absolute Gasteiger partial charge is 0.339 e. The van der Waals surface area contributed by atoms with Gasteiger partial charge in [-0.3, -0.25) is 0 Å². The van der Waals surface area contributed by atoms with Crippen LogP contribution in [0.15, 0.2) is 65.6 Å². The average molecular weight is 395 g/mol. The summed E-state index contributed by atoms with van der Waals surface area (Å²) >= 11 is 0. The number of aromatic nitrogens is 2. The van der Waals surface area contributed by atoms with E-state index in [9.17, 15) is 8.42 Å². The van der Waals surface area contributed by atoms with Crippen molar-refractivity contribution in [3.8, 4) is 11.3 Å². The van der Waals surface area contributed by atoms with Crippen LogP contribution in [0.4, 0.5) is 11.5 Å². The van der Waals surface area contributed by atoms with Crippen LogP contribution in [0.3, 0.4) is 0 Å². The Balaban J connectivity index is 1.61. The SMILES string of the molecule is Cc1ccc(-c2ccc(Nc3ccccc3)nn2)cc1S(=O)(=O)N1CCCC1. The lowest BCUT2D eigenvalue weighted by atomic mass is 10.1. The third-order valence-corrected chi connectivity index (χ3v) is 6.92. The number of nitrogens with zero attached hydrogens (tertiary/aromatic N) is 3. The Labute approximate surface area is 165 Å². The quantitative estimate of drug-likeness (QED) is 0.708. The van der Waals surface area contributed by atoms with Crippen molar-refractivity contribution < 1.29 is 8.42 Å². The van der Waals surface area contributed by atoms with E-state index in [0.29, 0.717) is 29.5 Å². The molecule has 0 saturated carbocycles. The fourth-order valence-corrected chi connectivity index (χ4v) is 5.10. The first-order valence-electron chi connectivity index (χ1n) is 9.31. The van der Waals surface area contributed by atoms with Gasteiger partial charge in [0.15, 0.2) is 5.82 Å². The normalized spacial score (nSPS) is 14.9. The fourth-order valence-electron chi connectivity index (χ4n) is 3.33. The molecule has 1 aromatic heterocycles. The number of hydrogen-bond donors (Lipinski definition) is 1. The van der Waals surface area contributed by atoms with Crippen LogP contribution in [-0.2, 0) is 10.0 Å². The van der Waals surface area contributed by atoms with Crippen molar-refractivity contribution in [1.82, 2.24) is 14.5 Å². The number of sulfonamides is 1. The molecule has 0 radical (unpaired) electrons. The van der Waals surface area contributed by atoms with Crippen molar-refractivity contribution in [1.29, 1.82) is 0 Å². The summed E-state index contributed by atoms with van der Waals surface area (Å²) in [5.41, 5.74) is 3.04. The van der Waals surface area contributed by atoms with E-state index in [0.717, 1.165) is 29.7 Å². The molecule has 6 nitrogen and oxygen atoms in total. The average Bonchev–Trinajstić information content (AvgIpc) is 3.26. The Hall–Kier alpha value is -2.77. The van der Waals surface area contributed by atoms with E-state index < -0.39 is 10.0 Å². The van der Waals surface area contributed by atoms with E-state index >= 15 is 0 Å². The van der Waals surface area contributed by atoms with Gasteiger partial charge in [0, 0.05) is 24.3 Å². The summed E-state index contributed by atoms with van der Waals surface area (Å²) in [4.78, 5) is 0.347. The molecular formula is C21H22N4O2S. The van der Waals surface area contributed by atoms with E-state index in [1.807, 2.05) is 61.5 Å². The van der Waals surface area contributed by atoms with Gasteiger partial charge >= 0.3 is 0 Å². The number of nitrogens with one attached hydrogen (secondary N) is 1. The number of anilines is 2. The van der Waals surface area contributed by atoms with Crippen LogP contribution in [0.25, 0.3) is 11.3 Å². The monoisotopic (exact) mass is 394 g/mol. The molecule has 0 spiro atoms. The van der Waals surface area contributed by atoms with Gasteiger partial charge in [-0.2, -0.15) is 4.31 Å². The number of benzene rings is 2. The van der Waals surface area contributed by atoms with Gasteiger partial charge in [0.1, 0.15) is 0 Å². The van der Waals surface area contributed by atoms with Crippen LogP contribution in [0, 0.1) is 6.92 Å². The zero-order chi connectivity index (χ0) is 19.6. The minimum Gasteiger partial charge on any atom is -0.339 e. The van der Waals surface area contributed by atoms with Crippen molar-refractivity contribution >= 4 is 21.5 Å². The molecule has 1 aliphatic rings. The molecule has 1 saturated heterocycles. The minimum atomic E-state index is -3.48. The van der Waals surface area contributed by atoms with Crippen LogP contribution in [0.5, 0.6) is 0 Å². The predicted octanol–water partition coefficient (Wildman–Crippen LogP) is 3.98. The lowest BCUT2D eigenvalue weighted by Gasteiger charge is -2.17. The topological polar surface area (TPSA) is 75.2 Å². The molecule has 3 aromatic rings. The molecule has 7 heteroatoms. The fraction of sp³-hybridized carbons (Fsp3) is 0.238. The maximum atomic E-state index is 13.0. The summed E-state index contributed by atoms with van der Waals surface area (Å²) in [6, 6.07) is 18.8. The smallest absolute Gasteiger partial charge is 0.243 e. The molecule has 2 heterocycles. The molecular weight excluding hydrogens is 372 g/mol. The Morgan fingerprint density at radius 2 is 1.68 bits per heavy atom. The van der Waals surface area contributed by atoms with E-state index in [-0.39, 0.29) is 0 Å². The van der Waals surface area contributed by atoms with Gasteiger partial charge in [-0.05, 0) is 55.7 Å². The van der Waals surface area contributed by atoms with Gasteiger partial charge in [0.25, 0.3) is 0 Å². The van der Waals surface area contributed by atoms with Gasteiger partial charge in [0.2, 0.25) is 10.0 Å². The van der Waals surface area contributed by atoms with Crippen molar-refractivity contribution in [2.24, 2.45) is 0 Å². The molecule has 1 fully saturated rings. The van der Waals surface area contributed by atoms with Gasteiger partial charge in [-0.25, -0.2) is 8.42 Å². The van der Waals surface area contributed by atoms with E-state index in [4.69, 9.17) is 0 Å². The number of rotatable bonds is 5. The Kier molecular flexibility index (Phi) is 5.11. The summed E-state index contributed by atoms with van der Waals surface area (Å²) in [5.74, 6) is 0.631. The van der Waals surface area contributed by atoms with Gasteiger partial charge in [-0.1, -0.05) is 30.3 Å². The Morgan fingerprint density at radius 3 is 2.36 bits per heavy atom. The maximum absolute atomic E-state index is 13.0. The number of para-hydroxylation sites is 1. The van der Waals surface area contributed by atoms with E-state index in [1.54, 1.807) is 10.4 Å². The molecule has 1 N–H and O–H groups in total. The molecule has 0 bridgehead atoms. The van der Waals surface area contributed by atoms with Crippen LogP contribution >= 0.6 is 0 Å². The van der Waals surface area contributed by atoms with Crippen LogP contribution < -0.4 is 5.32 Å². The lowest BCUT2D eigenvalue weighted by Crippen LogP contribution is -2.28. The highest BCUT2D eigenvalue weighted by atomic mass is 32.2. The molecule has 2 aromatic carbocycles. The summed E-state index contributed by atoms with van der Waals surface area (Å²) in [5, 5.41) is 11.7. The number of hydrogen-bond acceptors (Lipinski definition) is 5. The maximum Gasteiger partial charge on any atom is 0.243 e. The molecule has 144 valence electrons. The third-order valence-electron chi connectivity index (χ3n) is 4.88. The molecule has 0 aliphatic carbocycles. The van der Waals surface area contributed by atoms with Crippen molar-refractivity contribution in [3.05, 3.63) is 66.2 Å². The minimum absolute atomic E-state index is 0.347. The highest BCUT2D eigenvalue weighted by Gasteiger charge is 2.28. The van der Waals surface area contributed by atoms with Crippen molar-refractivity contribution in [2.45, 2.75) is 24.7 Å². The first kappa shape index (κ1) is 18.6. The highest BCUT2D eigenvalue weighted by Crippen LogP contribution is 2.28. The lowest BCUT2D eigenvalue weighted by molar-refractivity contribution is 0.477. The third kappa shape index (κ3) is 3.76. The molecule has 0 amide bonds. The van der Waals surface area contributed by atoms with Gasteiger partial charge in [-0.15, -0.1) is 10.2 Å². The van der Waals surface area contributed by atoms with Crippen molar-refractivity contribution in [3.63, 3.8) is 0 Å². The Morgan fingerprint density at radius 1 is 0.929 bits per heavy atom. The molecule has 4 rings (SSSR count). The highest BCUT2D eigenvalue weighted by molar-refractivity contribution is 7.89. The Bertz CT molecular complexity index is 1060. The second kappa shape index (κ2) is 7.69. The molecule has 1 aliphatic heterocycles. The predicted molar refractivity (Wildman–Crippen MR) is 110 cm³/mol. The zero-order valence-electron chi connectivity index (χ0n) is 15.7. The summed E-state index contributed by atoms with van der Waals surface area (Å²) in [7, 11) is -3.48. The summed E-state index contributed by atoms with van der Waals surface area (Å²) < 4.78 is 27.5. The van der Waals surface area contributed by atoms with Crippen LogP contribution in [0.2, 0.25) is 0 Å². The van der Waals surface area contributed by atoms with E-state index in [1.165, 1.54) is 0 Å². The summed E-state index contributed by atoms with van der Waals surface area (Å²) in [6.45, 7) is 3.00. The zero-order valence-corrected chi connectivity index (χ0v) is 16.5. The van der Waals surface area contributed by atoms with Gasteiger partial charge in [0.05, 0.1) is 10.6 Å². The first-order valence-corrected chi connectivity index (χ1v) is 10.7. The summed E-state index contributed by atoms with van der Waals surface area (Å²) in [6.07, 6.45) is 1.83. The standard InChI is InChI=1S/C21H22N4O2S/c1-16-9-10-17(15-20(16)28(26,27)25-13-5-6-14-25)19-11-12-21(24-23-19)22-18-7-3-2-4-8-18/h2-4,7-12,15H,5-6,13-14H2,1H3,(H,22,24). The van der Waals surface area contributed by atoms with Crippen LogP contribution in [0.1, 0.15) is 18.4 Å². The van der Waals surface area contributed by atoms with Crippen LogP contribution in [-0.4, -0.2) is 36.0 Å². The second-order valence-electron chi connectivity index (χ2n) is 6.89. The molecule has 0 unspecified atom stereocenters. The number of aryl methyl sites for hydroxylation is 1. The first-order chi connectivity index (χ1) is 13.5. The second-order valence-corrected chi connectivity index (χ2v) is 8.79. The van der Waals surface area contributed by atoms with Crippen molar-refractivity contribution in [2.75, 3.05) is 18.4 Å². The molecule has 0 atom stereocenters.